The van der Waals surface area contributed by atoms with Gasteiger partial charge in [0, 0.05) is 5.56 Å². The molecule has 0 amide bonds. The summed E-state index contributed by atoms with van der Waals surface area (Å²) in [7, 11) is 1.62. The van der Waals surface area contributed by atoms with Crippen molar-refractivity contribution in [2.75, 3.05) is 7.11 Å². The summed E-state index contributed by atoms with van der Waals surface area (Å²) in [4.78, 5) is 0. The van der Waals surface area contributed by atoms with Crippen molar-refractivity contribution < 1.29 is 9.47 Å². The minimum atomic E-state index is -0.409. The molecular weight excluding hydrogens is 400 g/mol. The number of hydrogen-bond acceptors (Lipinski definition) is 5. The number of nitrogens with two attached hydrogens (primary N) is 1. The summed E-state index contributed by atoms with van der Waals surface area (Å²) in [5, 5.41) is 17.3. The maximum atomic E-state index is 9.91. The lowest BCUT2D eigenvalue weighted by atomic mass is 9.82. The van der Waals surface area contributed by atoms with Crippen molar-refractivity contribution in [2.45, 2.75) is 5.92 Å². The third kappa shape index (κ3) is 3.26. The maximum absolute atomic E-state index is 9.91. The lowest BCUT2D eigenvalue weighted by Gasteiger charge is -2.24. The van der Waals surface area contributed by atoms with Gasteiger partial charge in [-0.1, -0.05) is 66.7 Å². The van der Waals surface area contributed by atoms with Gasteiger partial charge in [0.25, 0.3) is 0 Å². The Kier molecular flexibility index (Phi) is 4.85. The molecule has 32 heavy (non-hydrogen) atoms. The molecule has 1 aromatic heterocycles. The standard InChI is InChI=1S/C26H20N4O2/c1-31-20-9-5-8-19(14-20)24-23-22(21(15-27)25(28)32-26(23)30-29-24)18-12-10-17(11-13-18)16-6-3-2-4-7-16/h2-14,22H,28H2,1H3,(H,29,30). The predicted octanol–water partition coefficient (Wildman–Crippen LogP) is 4.97. The zero-order chi connectivity index (χ0) is 22.1. The second kappa shape index (κ2) is 7.97. The van der Waals surface area contributed by atoms with E-state index in [1.165, 1.54) is 0 Å². The van der Waals surface area contributed by atoms with Crippen molar-refractivity contribution >= 4 is 0 Å². The molecule has 2 heterocycles. The molecule has 4 aromatic rings. The average Bonchev–Trinajstić information content (AvgIpc) is 3.27. The van der Waals surface area contributed by atoms with E-state index in [1.807, 2.05) is 54.6 Å². The molecule has 0 saturated heterocycles. The minimum absolute atomic E-state index is 0.0702. The number of rotatable bonds is 4. The molecule has 1 unspecified atom stereocenters. The van der Waals surface area contributed by atoms with Crippen LogP contribution in [0.5, 0.6) is 11.6 Å². The Morgan fingerprint density at radius 2 is 1.69 bits per heavy atom. The van der Waals surface area contributed by atoms with Crippen LogP contribution in [0.3, 0.4) is 0 Å². The maximum Gasteiger partial charge on any atom is 0.244 e. The van der Waals surface area contributed by atoms with Crippen molar-refractivity contribution in [3.8, 4) is 40.1 Å². The van der Waals surface area contributed by atoms with Crippen LogP contribution in [-0.2, 0) is 0 Å². The summed E-state index contributed by atoms with van der Waals surface area (Å²) in [6.07, 6.45) is 0. The lowest BCUT2D eigenvalue weighted by molar-refractivity contribution is 0.379. The van der Waals surface area contributed by atoms with Crippen LogP contribution >= 0.6 is 0 Å². The molecular formula is C26H20N4O2. The van der Waals surface area contributed by atoms with Gasteiger partial charge in [-0.15, -0.1) is 5.10 Å². The normalized spacial score (nSPS) is 14.9. The first kappa shape index (κ1) is 19.5. The Morgan fingerprint density at radius 3 is 2.41 bits per heavy atom. The summed E-state index contributed by atoms with van der Waals surface area (Å²) in [5.41, 5.74) is 12.0. The molecule has 5 rings (SSSR count). The van der Waals surface area contributed by atoms with Crippen molar-refractivity contribution in [2.24, 2.45) is 5.73 Å². The van der Waals surface area contributed by atoms with E-state index in [2.05, 4.69) is 40.5 Å². The molecule has 6 heteroatoms. The van der Waals surface area contributed by atoms with Gasteiger partial charge in [-0.05, 0) is 28.8 Å². The number of methoxy groups -OCH3 is 1. The Balaban J connectivity index is 1.64. The molecule has 1 aliphatic rings. The molecule has 0 saturated carbocycles. The molecule has 0 spiro atoms. The fourth-order valence-electron chi connectivity index (χ4n) is 4.08. The molecule has 0 aliphatic carbocycles. The van der Waals surface area contributed by atoms with Crippen LogP contribution in [0.15, 0.2) is 90.3 Å². The number of hydrogen-bond donors (Lipinski definition) is 2. The number of nitriles is 1. The number of benzene rings is 3. The van der Waals surface area contributed by atoms with Gasteiger partial charge in [0.05, 0.1) is 24.3 Å². The largest absolute Gasteiger partial charge is 0.497 e. The van der Waals surface area contributed by atoms with E-state index in [-0.39, 0.29) is 5.88 Å². The number of allylic oxidation sites excluding steroid dienone is 1. The highest BCUT2D eigenvalue weighted by Crippen LogP contribution is 2.46. The summed E-state index contributed by atoms with van der Waals surface area (Å²) < 4.78 is 11.1. The number of ether oxygens (including phenoxy) is 2. The Bertz CT molecular complexity index is 1350. The van der Waals surface area contributed by atoms with Crippen LogP contribution in [0, 0.1) is 11.3 Å². The molecule has 0 radical (unpaired) electrons. The molecule has 3 aromatic carbocycles. The van der Waals surface area contributed by atoms with E-state index in [1.54, 1.807) is 7.11 Å². The van der Waals surface area contributed by atoms with Gasteiger partial charge < -0.3 is 15.2 Å². The van der Waals surface area contributed by atoms with E-state index in [9.17, 15) is 5.26 Å². The minimum Gasteiger partial charge on any atom is -0.497 e. The van der Waals surface area contributed by atoms with E-state index >= 15 is 0 Å². The monoisotopic (exact) mass is 420 g/mol. The second-order valence-corrected chi connectivity index (χ2v) is 7.46. The van der Waals surface area contributed by atoms with Gasteiger partial charge in [0.1, 0.15) is 17.4 Å². The lowest BCUT2D eigenvalue weighted by Crippen LogP contribution is -2.21. The number of nitrogens with one attached hydrogen (secondary N) is 1. The van der Waals surface area contributed by atoms with Crippen molar-refractivity contribution in [3.05, 3.63) is 101 Å². The third-order valence-corrected chi connectivity index (χ3v) is 5.65. The van der Waals surface area contributed by atoms with Gasteiger partial charge in [0.15, 0.2) is 0 Å². The first-order chi connectivity index (χ1) is 15.7. The molecule has 3 N–H and O–H groups in total. The Labute approximate surface area is 185 Å². The summed E-state index contributed by atoms with van der Waals surface area (Å²) >= 11 is 0. The third-order valence-electron chi connectivity index (χ3n) is 5.65. The fourth-order valence-corrected chi connectivity index (χ4v) is 4.08. The quantitative estimate of drug-likeness (QED) is 0.486. The van der Waals surface area contributed by atoms with Gasteiger partial charge in [-0.25, -0.2) is 0 Å². The van der Waals surface area contributed by atoms with E-state index < -0.39 is 5.92 Å². The van der Waals surface area contributed by atoms with E-state index in [0.29, 0.717) is 11.5 Å². The number of aromatic amines is 1. The summed E-state index contributed by atoms with van der Waals surface area (Å²) in [6.45, 7) is 0. The van der Waals surface area contributed by atoms with Crippen LogP contribution in [0.25, 0.3) is 22.4 Å². The molecule has 156 valence electrons. The fraction of sp³-hybridized carbons (Fsp3) is 0.0769. The van der Waals surface area contributed by atoms with E-state index in [0.717, 1.165) is 39.3 Å². The van der Waals surface area contributed by atoms with E-state index in [4.69, 9.17) is 15.2 Å². The van der Waals surface area contributed by atoms with Crippen molar-refractivity contribution in [1.29, 1.82) is 5.26 Å². The molecule has 0 bridgehead atoms. The van der Waals surface area contributed by atoms with Crippen LogP contribution in [-0.4, -0.2) is 17.3 Å². The number of H-pyrrole nitrogens is 1. The van der Waals surface area contributed by atoms with Crippen molar-refractivity contribution in [3.63, 3.8) is 0 Å². The van der Waals surface area contributed by atoms with Gasteiger partial charge in [0.2, 0.25) is 11.8 Å². The van der Waals surface area contributed by atoms with Crippen LogP contribution in [0.1, 0.15) is 17.0 Å². The molecule has 6 nitrogen and oxygen atoms in total. The van der Waals surface area contributed by atoms with Gasteiger partial charge in [-0.2, -0.15) is 5.26 Å². The molecule has 0 fully saturated rings. The molecule has 1 aliphatic heterocycles. The van der Waals surface area contributed by atoms with Crippen LogP contribution in [0.4, 0.5) is 0 Å². The molecule has 1 atom stereocenters. The smallest absolute Gasteiger partial charge is 0.244 e. The first-order valence-electron chi connectivity index (χ1n) is 10.1. The van der Waals surface area contributed by atoms with Crippen molar-refractivity contribution in [1.82, 2.24) is 10.2 Å². The second-order valence-electron chi connectivity index (χ2n) is 7.46. The Morgan fingerprint density at radius 1 is 0.969 bits per heavy atom. The zero-order valence-electron chi connectivity index (χ0n) is 17.4. The highest BCUT2D eigenvalue weighted by atomic mass is 16.5. The SMILES string of the molecule is COc1cccc(-c2[nH]nc3c2C(c2ccc(-c4ccccc4)cc2)C(C#N)=C(N)O3)c1. The first-order valence-corrected chi connectivity index (χ1v) is 10.1. The average molecular weight is 420 g/mol. The summed E-state index contributed by atoms with van der Waals surface area (Å²) in [5.74, 6) is 0.757. The summed E-state index contributed by atoms with van der Waals surface area (Å²) in [6, 6.07) is 28.2. The number of fused-ring (bicyclic) bond motifs is 1. The van der Waals surface area contributed by atoms with Gasteiger partial charge >= 0.3 is 0 Å². The highest BCUT2D eigenvalue weighted by molar-refractivity contribution is 5.72. The van der Waals surface area contributed by atoms with Gasteiger partial charge in [-0.3, -0.25) is 5.10 Å². The number of nitrogens with zero attached hydrogens (tertiary/aromatic N) is 2. The van der Waals surface area contributed by atoms with Crippen LogP contribution in [0.2, 0.25) is 0 Å². The number of aromatic nitrogens is 2. The highest BCUT2D eigenvalue weighted by Gasteiger charge is 2.35. The topological polar surface area (TPSA) is 97.0 Å². The van der Waals surface area contributed by atoms with Crippen LogP contribution < -0.4 is 15.2 Å². The Hall–Kier alpha value is -4.50. The zero-order valence-corrected chi connectivity index (χ0v) is 17.4. The predicted molar refractivity (Wildman–Crippen MR) is 122 cm³/mol.